The van der Waals surface area contributed by atoms with Crippen molar-refractivity contribution in [3.05, 3.63) is 30.3 Å². The van der Waals surface area contributed by atoms with E-state index in [0.717, 1.165) is 26.2 Å². The Bertz CT molecular complexity index is 601. The molecule has 2 saturated heterocycles. The topological polar surface area (TPSA) is 43.9 Å². The minimum Gasteiger partial charge on any atom is -0.368 e. The molecular formula is C19H27N3O2. The zero-order chi connectivity index (χ0) is 17.3. The van der Waals surface area contributed by atoms with Gasteiger partial charge in [0.15, 0.2) is 0 Å². The lowest BCUT2D eigenvalue weighted by Gasteiger charge is -2.37. The predicted octanol–water partition coefficient (Wildman–Crippen LogP) is 1.98. The van der Waals surface area contributed by atoms with Crippen LogP contribution in [-0.4, -0.2) is 59.9 Å². The lowest BCUT2D eigenvalue weighted by Crippen LogP contribution is -2.51. The molecule has 0 aliphatic carbocycles. The Kier molecular flexibility index (Phi) is 4.52. The van der Waals surface area contributed by atoms with Gasteiger partial charge in [-0.25, -0.2) is 0 Å². The van der Waals surface area contributed by atoms with Crippen molar-refractivity contribution in [2.75, 3.05) is 37.6 Å². The second-order valence-electron chi connectivity index (χ2n) is 7.72. The minimum absolute atomic E-state index is 0.101. The van der Waals surface area contributed by atoms with E-state index >= 15 is 0 Å². The molecule has 130 valence electrons. The van der Waals surface area contributed by atoms with Crippen molar-refractivity contribution >= 4 is 17.5 Å². The molecule has 5 nitrogen and oxygen atoms in total. The summed E-state index contributed by atoms with van der Waals surface area (Å²) in [7, 11) is 0. The van der Waals surface area contributed by atoms with Crippen molar-refractivity contribution in [3.8, 4) is 0 Å². The molecule has 2 aliphatic heterocycles. The van der Waals surface area contributed by atoms with Crippen LogP contribution in [0.3, 0.4) is 0 Å². The highest BCUT2D eigenvalue weighted by atomic mass is 16.2. The molecule has 2 aliphatic rings. The Balaban J connectivity index is 1.57. The molecule has 0 radical (unpaired) electrons. The van der Waals surface area contributed by atoms with Gasteiger partial charge >= 0.3 is 0 Å². The van der Waals surface area contributed by atoms with Crippen molar-refractivity contribution in [2.45, 2.75) is 32.7 Å². The van der Waals surface area contributed by atoms with Gasteiger partial charge in [-0.05, 0) is 32.9 Å². The fourth-order valence-electron chi connectivity index (χ4n) is 3.60. The quantitative estimate of drug-likeness (QED) is 0.833. The molecule has 3 rings (SSSR count). The third kappa shape index (κ3) is 3.40. The Morgan fingerprint density at radius 2 is 1.67 bits per heavy atom. The Hall–Kier alpha value is -2.04. The minimum atomic E-state index is -0.210. The number of para-hydroxylation sites is 1. The van der Waals surface area contributed by atoms with Crippen LogP contribution in [0.1, 0.15) is 27.2 Å². The first-order chi connectivity index (χ1) is 11.4. The van der Waals surface area contributed by atoms with E-state index in [-0.39, 0.29) is 23.3 Å². The Morgan fingerprint density at radius 3 is 2.21 bits per heavy atom. The number of likely N-dealkylation sites (tertiary alicyclic amines) is 1. The van der Waals surface area contributed by atoms with Crippen LogP contribution in [0.2, 0.25) is 0 Å². The van der Waals surface area contributed by atoms with E-state index in [1.807, 2.05) is 48.8 Å². The number of carbonyl (C=O) groups is 2. The molecule has 1 atom stereocenters. The average Bonchev–Trinajstić information content (AvgIpc) is 2.97. The Labute approximate surface area is 144 Å². The van der Waals surface area contributed by atoms with E-state index in [9.17, 15) is 9.59 Å². The van der Waals surface area contributed by atoms with Crippen LogP contribution in [0.5, 0.6) is 0 Å². The summed E-state index contributed by atoms with van der Waals surface area (Å²) in [6.45, 7) is 9.78. The summed E-state index contributed by atoms with van der Waals surface area (Å²) in [5.74, 6) is 0.0617. The summed E-state index contributed by atoms with van der Waals surface area (Å²) in [6, 6.07) is 10.3. The largest absolute Gasteiger partial charge is 0.368 e. The van der Waals surface area contributed by atoms with Crippen LogP contribution in [0, 0.1) is 5.92 Å². The number of rotatable bonds is 2. The van der Waals surface area contributed by atoms with Crippen molar-refractivity contribution in [1.82, 2.24) is 9.80 Å². The number of amides is 2. The maximum Gasteiger partial charge on any atom is 0.228 e. The highest BCUT2D eigenvalue weighted by molar-refractivity contribution is 5.89. The highest BCUT2D eigenvalue weighted by Crippen LogP contribution is 2.27. The fourth-order valence-corrected chi connectivity index (χ4v) is 3.60. The molecule has 24 heavy (non-hydrogen) atoms. The number of carbonyl (C=O) groups excluding carboxylic acids is 2. The van der Waals surface area contributed by atoms with Crippen LogP contribution >= 0.6 is 0 Å². The standard InChI is InChI=1S/C19H27N3O2/c1-19(2,3)22-14-15(13-17(22)23)18(24)21-11-9-20(10-12-21)16-7-5-4-6-8-16/h4-8,15H,9-14H2,1-3H3. The van der Waals surface area contributed by atoms with Gasteiger partial charge in [0, 0.05) is 50.4 Å². The van der Waals surface area contributed by atoms with Crippen LogP contribution in [0.15, 0.2) is 30.3 Å². The van der Waals surface area contributed by atoms with Gasteiger partial charge in [0.25, 0.3) is 0 Å². The van der Waals surface area contributed by atoms with Crippen LogP contribution < -0.4 is 4.90 Å². The van der Waals surface area contributed by atoms with Crippen LogP contribution in [-0.2, 0) is 9.59 Å². The molecule has 0 bridgehead atoms. The molecular weight excluding hydrogens is 302 g/mol. The van der Waals surface area contributed by atoms with Crippen molar-refractivity contribution in [2.24, 2.45) is 5.92 Å². The van der Waals surface area contributed by atoms with Gasteiger partial charge in [-0.2, -0.15) is 0 Å². The SMILES string of the molecule is CC(C)(C)N1CC(C(=O)N2CCN(c3ccccc3)CC2)CC1=O. The predicted molar refractivity (Wildman–Crippen MR) is 94.8 cm³/mol. The number of benzene rings is 1. The summed E-state index contributed by atoms with van der Waals surface area (Å²) >= 11 is 0. The number of hydrogen-bond donors (Lipinski definition) is 0. The molecule has 1 unspecified atom stereocenters. The highest BCUT2D eigenvalue weighted by Gasteiger charge is 2.41. The van der Waals surface area contributed by atoms with E-state index in [0.29, 0.717) is 13.0 Å². The molecule has 2 amide bonds. The van der Waals surface area contributed by atoms with Crippen molar-refractivity contribution in [1.29, 1.82) is 0 Å². The van der Waals surface area contributed by atoms with Gasteiger partial charge in [0.2, 0.25) is 11.8 Å². The second kappa shape index (κ2) is 6.46. The van der Waals surface area contributed by atoms with Gasteiger partial charge in [-0.1, -0.05) is 18.2 Å². The van der Waals surface area contributed by atoms with Gasteiger partial charge < -0.3 is 14.7 Å². The lowest BCUT2D eigenvalue weighted by molar-refractivity contribution is -0.136. The van der Waals surface area contributed by atoms with Gasteiger partial charge in [0.1, 0.15) is 0 Å². The normalized spacial score (nSPS) is 22.2. The molecule has 0 N–H and O–H groups in total. The lowest BCUT2D eigenvalue weighted by atomic mass is 10.1. The summed E-state index contributed by atoms with van der Waals surface area (Å²) in [5, 5.41) is 0. The van der Waals surface area contributed by atoms with Gasteiger partial charge in [0.05, 0.1) is 5.92 Å². The summed E-state index contributed by atoms with van der Waals surface area (Å²) in [4.78, 5) is 31.1. The first-order valence-corrected chi connectivity index (χ1v) is 8.75. The number of anilines is 1. The van der Waals surface area contributed by atoms with Gasteiger partial charge in [-0.3, -0.25) is 9.59 Å². The van der Waals surface area contributed by atoms with E-state index in [2.05, 4.69) is 17.0 Å². The molecule has 0 spiro atoms. The number of nitrogens with zero attached hydrogens (tertiary/aromatic N) is 3. The van der Waals surface area contributed by atoms with Crippen molar-refractivity contribution in [3.63, 3.8) is 0 Å². The van der Waals surface area contributed by atoms with Crippen LogP contribution in [0.4, 0.5) is 5.69 Å². The molecule has 2 fully saturated rings. The third-order valence-corrected chi connectivity index (χ3v) is 5.00. The summed E-state index contributed by atoms with van der Waals surface area (Å²) < 4.78 is 0. The molecule has 1 aromatic carbocycles. The smallest absolute Gasteiger partial charge is 0.228 e. The first kappa shape index (κ1) is 16.8. The van der Waals surface area contributed by atoms with E-state index in [1.165, 1.54) is 5.69 Å². The molecule has 2 heterocycles. The van der Waals surface area contributed by atoms with Crippen molar-refractivity contribution < 1.29 is 9.59 Å². The number of hydrogen-bond acceptors (Lipinski definition) is 3. The molecule has 0 aromatic heterocycles. The fraction of sp³-hybridized carbons (Fsp3) is 0.579. The first-order valence-electron chi connectivity index (χ1n) is 8.75. The van der Waals surface area contributed by atoms with E-state index < -0.39 is 0 Å². The second-order valence-corrected chi connectivity index (χ2v) is 7.72. The summed E-state index contributed by atoms with van der Waals surface area (Å²) in [6.07, 6.45) is 0.356. The zero-order valence-electron chi connectivity index (χ0n) is 14.9. The molecule has 0 saturated carbocycles. The average molecular weight is 329 g/mol. The van der Waals surface area contributed by atoms with Gasteiger partial charge in [-0.15, -0.1) is 0 Å². The Morgan fingerprint density at radius 1 is 1.04 bits per heavy atom. The van der Waals surface area contributed by atoms with E-state index in [4.69, 9.17) is 0 Å². The number of piperazine rings is 1. The monoisotopic (exact) mass is 329 g/mol. The maximum atomic E-state index is 12.8. The third-order valence-electron chi connectivity index (χ3n) is 5.00. The molecule has 1 aromatic rings. The molecule has 5 heteroatoms. The summed E-state index contributed by atoms with van der Waals surface area (Å²) in [5.41, 5.74) is 0.998. The maximum absolute atomic E-state index is 12.8. The zero-order valence-corrected chi connectivity index (χ0v) is 14.9. The van der Waals surface area contributed by atoms with E-state index in [1.54, 1.807) is 0 Å². The van der Waals surface area contributed by atoms with Crippen LogP contribution in [0.25, 0.3) is 0 Å².